The smallest absolute Gasteiger partial charge is 0.462 e. The molecule has 0 bridgehead atoms. The second-order valence-corrected chi connectivity index (χ2v) is 16.8. The number of phosphoric acid groups is 1. The number of carbonyl (C=O) groups excluding carboxylic acids is 3. The number of aliphatic hydroxyl groups is 2. The Kier molecular flexibility index (Phi) is 33.7. The van der Waals surface area contributed by atoms with Crippen LogP contribution in [0.5, 0.6) is 0 Å². The van der Waals surface area contributed by atoms with E-state index in [1.54, 1.807) is 12.2 Å². The molecule has 0 aliphatic heterocycles. The molecule has 0 heterocycles. The van der Waals surface area contributed by atoms with E-state index in [2.05, 4.69) is 62.5 Å². The van der Waals surface area contributed by atoms with Gasteiger partial charge in [-0.15, -0.1) is 0 Å². The van der Waals surface area contributed by atoms with Crippen molar-refractivity contribution in [2.45, 2.75) is 167 Å². The van der Waals surface area contributed by atoms with Crippen molar-refractivity contribution < 1.29 is 52.6 Å². The Morgan fingerprint density at radius 3 is 2.00 bits per heavy atom. The predicted molar refractivity (Wildman–Crippen MR) is 239 cm³/mol. The Morgan fingerprint density at radius 2 is 1.35 bits per heavy atom. The maximum Gasteiger partial charge on any atom is 0.472 e. The summed E-state index contributed by atoms with van der Waals surface area (Å²) in [5.74, 6) is -1.82. The normalized spacial score (nSPS) is 19.5. The number of hydrogen-bond donors (Lipinski definition) is 4. The topological polar surface area (TPSA) is 192 Å². The maximum atomic E-state index is 12.6. The van der Waals surface area contributed by atoms with Crippen LogP contribution in [-0.2, 0) is 37.5 Å². The summed E-state index contributed by atoms with van der Waals surface area (Å²) < 4.78 is 32.7. The minimum Gasteiger partial charge on any atom is -0.462 e. The van der Waals surface area contributed by atoms with Gasteiger partial charge in [-0.3, -0.25) is 23.4 Å². The largest absolute Gasteiger partial charge is 0.472 e. The first kappa shape index (κ1) is 55.1. The Bertz CT molecular complexity index is 1370. The van der Waals surface area contributed by atoms with Gasteiger partial charge in [-0.25, -0.2) is 4.57 Å². The number of unbranched alkanes of at least 4 members (excludes halogenated alkanes) is 9. The summed E-state index contributed by atoms with van der Waals surface area (Å²) in [6.45, 7) is 3.24. The summed E-state index contributed by atoms with van der Waals surface area (Å²) in [6, 6.07) is 0. The van der Waals surface area contributed by atoms with Gasteiger partial charge in [0.25, 0.3) is 0 Å². The van der Waals surface area contributed by atoms with Crippen molar-refractivity contribution in [2.75, 3.05) is 26.4 Å². The summed E-state index contributed by atoms with van der Waals surface area (Å²) >= 11 is 0. The van der Waals surface area contributed by atoms with Gasteiger partial charge in [0.05, 0.1) is 25.4 Å². The number of rotatable bonds is 37. The lowest BCUT2D eigenvalue weighted by atomic mass is 9.90. The molecule has 0 spiro atoms. The minimum atomic E-state index is -4.46. The molecule has 60 heavy (non-hydrogen) atoms. The fraction of sp³-hybridized carbons (Fsp3) is 0.681. The van der Waals surface area contributed by atoms with Crippen molar-refractivity contribution in [1.82, 2.24) is 0 Å². The van der Waals surface area contributed by atoms with Crippen LogP contribution in [0.25, 0.3) is 0 Å². The molecular weight excluding hydrogens is 785 g/mol. The quantitative estimate of drug-likeness (QED) is 0.0200. The van der Waals surface area contributed by atoms with Gasteiger partial charge in [0.15, 0.2) is 6.10 Å². The van der Waals surface area contributed by atoms with Crippen LogP contribution in [0.1, 0.15) is 149 Å². The molecule has 1 saturated carbocycles. The number of hydrogen-bond acceptors (Lipinski definition) is 11. The Labute approximate surface area is 361 Å². The highest BCUT2D eigenvalue weighted by atomic mass is 31.2. The van der Waals surface area contributed by atoms with Crippen molar-refractivity contribution in [3.8, 4) is 0 Å². The molecule has 1 fully saturated rings. The lowest BCUT2D eigenvalue weighted by Gasteiger charge is -2.19. The van der Waals surface area contributed by atoms with E-state index in [0.717, 1.165) is 57.8 Å². The number of phosphoric ester groups is 1. The summed E-state index contributed by atoms with van der Waals surface area (Å²) in [7, 11) is -4.46. The highest BCUT2D eigenvalue weighted by Crippen LogP contribution is 2.43. The molecule has 0 radical (unpaired) electrons. The first-order valence-electron chi connectivity index (χ1n) is 22.5. The Hall–Kier alpha value is -2.96. The van der Waals surface area contributed by atoms with Crippen molar-refractivity contribution in [3.63, 3.8) is 0 Å². The average molecular weight is 864 g/mol. The molecule has 1 rings (SSSR count). The van der Waals surface area contributed by atoms with E-state index in [0.29, 0.717) is 32.1 Å². The molecule has 5 N–H and O–H groups in total. The second-order valence-electron chi connectivity index (χ2n) is 15.3. The number of carbonyl (C=O) groups is 3. The molecule has 1 aliphatic carbocycles. The predicted octanol–water partition coefficient (Wildman–Crippen LogP) is 9.64. The average Bonchev–Trinajstić information content (AvgIpc) is 3.49. The Morgan fingerprint density at radius 1 is 0.767 bits per heavy atom. The monoisotopic (exact) mass is 864 g/mol. The van der Waals surface area contributed by atoms with Crippen LogP contribution in [0.2, 0.25) is 0 Å². The fourth-order valence-corrected chi connectivity index (χ4v) is 7.24. The van der Waals surface area contributed by atoms with E-state index in [4.69, 9.17) is 24.3 Å². The van der Waals surface area contributed by atoms with Crippen LogP contribution in [0.3, 0.4) is 0 Å². The molecule has 0 aromatic carbocycles. The van der Waals surface area contributed by atoms with E-state index in [1.165, 1.54) is 25.7 Å². The molecule has 342 valence electrons. The van der Waals surface area contributed by atoms with Gasteiger partial charge in [0.1, 0.15) is 12.4 Å². The van der Waals surface area contributed by atoms with Crippen LogP contribution in [0.15, 0.2) is 72.9 Å². The van der Waals surface area contributed by atoms with Crippen molar-refractivity contribution in [3.05, 3.63) is 72.9 Å². The molecule has 0 amide bonds. The van der Waals surface area contributed by atoms with Crippen LogP contribution < -0.4 is 5.73 Å². The minimum absolute atomic E-state index is 0.00583. The first-order chi connectivity index (χ1) is 29.0. The lowest BCUT2D eigenvalue weighted by Crippen LogP contribution is -2.29. The van der Waals surface area contributed by atoms with E-state index < -0.39 is 50.6 Å². The van der Waals surface area contributed by atoms with E-state index in [-0.39, 0.29) is 50.7 Å². The number of ketones is 1. The third-order valence-corrected chi connectivity index (χ3v) is 10.9. The summed E-state index contributed by atoms with van der Waals surface area (Å²) in [6.07, 6.45) is 38.7. The third kappa shape index (κ3) is 30.1. The van der Waals surface area contributed by atoms with E-state index in [9.17, 15) is 34.1 Å². The van der Waals surface area contributed by atoms with E-state index >= 15 is 0 Å². The number of ether oxygens (including phenoxy) is 2. The number of esters is 2. The zero-order valence-electron chi connectivity index (χ0n) is 36.6. The number of Topliss-reactive ketones (excluding diaryl/α,β-unsaturated/α-hetero) is 1. The second kappa shape index (κ2) is 36.7. The van der Waals surface area contributed by atoms with E-state index in [1.807, 2.05) is 12.2 Å². The van der Waals surface area contributed by atoms with Crippen LogP contribution in [0.4, 0.5) is 0 Å². The molecule has 0 saturated heterocycles. The molecule has 1 aliphatic rings. The van der Waals surface area contributed by atoms with Crippen molar-refractivity contribution >= 4 is 25.5 Å². The maximum absolute atomic E-state index is 12.6. The van der Waals surface area contributed by atoms with Gasteiger partial charge < -0.3 is 30.3 Å². The van der Waals surface area contributed by atoms with Gasteiger partial charge >= 0.3 is 19.8 Å². The van der Waals surface area contributed by atoms with Crippen LogP contribution >= 0.6 is 7.82 Å². The van der Waals surface area contributed by atoms with Crippen molar-refractivity contribution in [2.24, 2.45) is 17.6 Å². The molecule has 1 unspecified atom stereocenters. The fourth-order valence-electron chi connectivity index (χ4n) is 6.48. The zero-order chi connectivity index (χ0) is 44.1. The number of allylic oxidation sites excluding steroid dienone is 11. The van der Waals surface area contributed by atoms with Crippen LogP contribution in [0, 0.1) is 11.8 Å². The zero-order valence-corrected chi connectivity index (χ0v) is 37.5. The number of nitrogens with two attached hydrogens (primary N) is 1. The summed E-state index contributed by atoms with van der Waals surface area (Å²) in [4.78, 5) is 47.6. The summed E-state index contributed by atoms with van der Waals surface area (Å²) in [5.41, 5.74) is 5.34. The highest BCUT2D eigenvalue weighted by Gasteiger charge is 2.39. The van der Waals surface area contributed by atoms with Gasteiger partial charge in [-0.05, 0) is 77.0 Å². The molecule has 13 heteroatoms. The van der Waals surface area contributed by atoms with Gasteiger partial charge in [0, 0.05) is 37.6 Å². The van der Waals surface area contributed by atoms with Gasteiger partial charge in [-0.2, -0.15) is 0 Å². The lowest BCUT2D eigenvalue weighted by molar-refractivity contribution is -0.161. The molecule has 6 atom stereocenters. The molecular formula is C47H78NO11P. The van der Waals surface area contributed by atoms with Gasteiger partial charge in [0.2, 0.25) is 0 Å². The SMILES string of the molecule is CCCCC/C=C\C/C=C\C/C=C\C/C=C\CCCCCC(=O)O[C@H](COC(=O)CCC/C=C\C[C@H]1[C@@H](O)CC(=O)[C@@H]1/C=C/[C@@H](O)CCCCC)COP(=O)(O)OCCN. The van der Waals surface area contributed by atoms with Crippen molar-refractivity contribution in [1.29, 1.82) is 0 Å². The first-order valence-corrected chi connectivity index (χ1v) is 24.0. The standard InChI is InChI=1S/C47H78NO11P/c1-3-5-7-8-9-10-11-12-13-14-15-16-17-18-19-20-21-22-28-32-47(53)59-41(39-58-60(54,55)57-36-35-48)38-56-46(52)31-27-24-23-26-30-42-43(45(51)37-44(42)50)34-33-40(49)29-25-6-4-2/h9-10,12-13,15-16,18-19,23,26,33-34,40-44,49-50H,3-8,11,14,17,20-22,24-25,27-32,35-39,48H2,1-2H3,(H,54,55)/b10-9-,13-12-,16-15-,19-18-,26-23-,34-33+/t40-,41+,42+,43+,44-/m0/s1. The Balaban J connectivity index is 2.42. The van der Waals surface area contributed by atoms with Gasteiger partial charge in [-0.1, -0.05) is 125 Å². The highest BCUT2D eigenvalue weighted by molar-refractivity contribution is 7.47. The molecule has 12 nitrogen and oxygen atoms in total. The summed E-state index contributed by atoms with van der Waals surface area (Å²) in [5, 5.41) is 20.7. The molecule has 0 aromatic heterocycles. The molecule has 0 aromatic rings. The number of aliphatic hydroxyl groups excluding tert-OH is 2. The third-order valence-electron chi connectivity index (χ3n) is 9.94. The van der Waals surface area contributed by atoms with Crippen LogP contribution in [-0.4, -0.2) is 77.5 Å².